The molecule has 7 nitrogen and oxygen atoms in total. The summed E-state index contributed by atoms with van der Waals surface area (Å²) in [7, 11) is 1.59. The fraction of sp³-hybridized carbons (Fsp3) is 0.190. The molecule has 1 atom stereocenters. The first-order valence-electron chi connectivity index (χ1n) is 8.83. The van der Waals surface area contributed by atoms with Crippen molar-refractivity contribution in [3.05, 3.63) is 66.4 Å². The number of hydrogen-bond acceptors (Lipinski definition) is 6. The van der Waals surface area contributed by atoms with Gasteiger partial charge in [0.05, 0.1) is 19.4 Å². The highest BCUT2D eigenvalue weighted by molar-refractivity contribution is 5.97. The van der Waals surface area contributed by atoms with E-state index in [1.165, 1.54) is 0 Å². The van der Waals surface area contributed by atoms with Crippen LogP contribution in [0.15, 0.2) is 60.8 Å². The van der Waals surface area contributed by atoms with Crippen molar-refractivity contribution in [2.75, 3.05) is 13.7 Å². The number of carbonyl (C=O) groups excluding carboxylic acids is 2. The Morgan fingerprint density at radius 3 is 2.54 bits per heavy atom. The van der Waals surface area contributed by atoms with Gasteiger partial charge < -0.3 is 14.2 Å². The second kappa shape index (κ2) is 7.56. The topological polar surface area (TPSA) is 79.7 Å². The van der Waals surface area contributed by atoms with E-state index in [-0.39, 0.29) is 12.2 Å². The zero-order chi connectivity index (χ0) is 19.5. The molecule has 1 saturated heterocycles. The molecule has 0 radical (unpaired) electrons. The largest absolute Gasteiger partial charge is 0.497 e. The SMILES string of the molecule is COc1ccc(-c2nn(-c3ccccc3)cc2C(=O)O[C@@H]2CCOC2=O)cc1. The third-order valence-electron chi connectivity index (χ3n) is 4.45. The Labute approximate surface area is 161 Å². The lowest BCUT2D eigenvalue weighted by Gasteiger charge is -2.08. The Balaban J connectivity index is 1.72. The second-order valence-corrected chi connectivity index (χ2v) is 6.25. The van der Waals surface area contributed by atoms with E-state index in [2.05, 4.69) is 5.10 Å². The average molecular weight is 378 g/mol. The number of esters is 2. The molecule has 1 fully saturated rings. The number of methoxy groups -OCH3 is 1. The smallest absolute Gasteiger partial charge is 0.347 e. The molecule has 4 rings (SSSR count). The highest BCUT2D eigenvalue weighted by Gasteiger charge is 2.32. The van der Waals surface area contributed by atoms with Crippen LogP contribution in [0.4, 0.5) is 0 Å². The lowest BCUT2D eigenvalue weighted by atomic mass is 10.1. The summed E-state index contributed by atoms with van der Waals surface area (Å²) >= 11 is 0. The predicted molar refractivity (Wildman–Crippen MR) is 100 cm³/mol. The van der Waals surface area contributed by atoms with Crippen molar-refractivity contribution in [2.24, 2.45) is 0 Å². The van der Waals surface area contributed by atoms with Crippen LogP contribution in [-0.2, 0) is 14.3 Å². The van der Waals surface area contributed by atoms with Crippen LogP contribution in [-0.4, -0.2) is 41.5 Å². The van der Waals surface area contributed by atoms with Gasteiger partial charge in [0.25, 0.3) is 0 Å². The van der Waals surface area contributed by atoms with Crippen LogP contribution in [0.5, 0.6) is 5.75 Å². The molecule has 2 aromatic carbocycles. The number of cyclic esters (lactones) is 1. The molecule has 1 aliphatic heterocycles. The number of para-hydroxylation sites is 1. The van der Waals surface area contributed by atoms with Crippen LogP contribution in [0.1, 0.15) is 16.8 Å². The summed E-state index contributed by atoms with van der Waals surface area (Å²) in [5.74, 6) is -0.435. The summed E-state index contributed by atoms with van der Waals surface area (Å²) in [5, 5.41) is 4.58. The van der Waals surface area contributed by atoms with E-state index in [9.17, 15) is 9.59 Å². The van der Waals surface area contributed by atoms with Gasteiger partial charge in [-0.2, -0.15) is 5.10 Å². The molecular formula is C21H18N2O5. The molecule has 142 valence electrons. The lowest BCUT2D eigenvalue weighted by Crippen LogP contribution is -2.22. The number of benzene rings is 2. The fourth-order valence-electron chi connectivity index (χ4n) is 2.98. The van der Waals surface area contributed by atoms with E-state index < -0.39 is 18.0 Å². The van der Waals surface area contributed by atoms with Crippen molar-refractivity contribution in [1.29, 1.82) is 0 Å². The maximum absolute atomic E-state index is 12.8. The molecule has 0 bridgehead atoms. The predicted octanol–water partition coefficient (Wildman–Crippen LogP) is 3.02. The van der Waals surface area contributed by atoms with Gasteiger partial charge in [0.1, 0.15) is 17.0 Å². The van der Waals surface area contributed by atoms with Gasteiger partial charge in [0.15, 0.2) is 0 Å². The Hall–Kier alpha value is -3.61. The van der Waals surface area contributed by atoms with Gasteiger partial charge in [-0.05, 0) is 36.4 Å². The number of rotatable bonds is 5. The Kier molecular flexibility index (Phi) is 4.80. The third kappa shape index (κ3) is 3.46. The Bertz CT molecular complexity index is 995. The zero-order valence-corrected chi connectivity index (χ0v) is 15.2. The molecule has 2 heterocycles. The number of carbonyl (C=O) groups is 2. The molecule has 7 heteroatoms. The van der Waals surface area contributed by atoms with Gasteiger partial charge in [0, 0.05) is 18.2 Å². The molecular weight excluding hydrogens is 360 g/mol. The summed E-state index contributed by atoms with van der Waals surface area (Å²) < 4.78 is 17.0. The summed E-state index contributed by atoms with van der Waals surface area (Å²) in [5.41, 5.74) is 2.27. The van der Waals surface area contributed by atoms with Crippen LogP contribution in [0, 0.1) is 0 Å². The lowest BCUT2D eigenvalue weighted by molar-refractivity contribution is -0.145. The monoisotopic (exact) mass is 378 g/mol. The van der Waals surface area contributed by atoms with Crippen LogP contribution in [0.2, 0.25) is 0 Å². The van der Waals surface area contributed by atoms with Gasteiger partial charge in [-0.1, -0.05) is 18.2 Å². The van der Waals surface area contributed by atoms with Crippen LogP contribution in [0.25, 0.3) is 16.9 Å². The fourth-order valence-corrected chi connectivity index (χ4v) is 2.98. The minimum absolute atomic E-state index is 0.255. The minimum Gasteiger partial charge on any atom is -0.497 e. The molecule has 0 saturated carbocycles. The maximum atomic E-state index is 12.8. The van der Waals surface area contributed by atoms with Crippen molar-refractivity contribution in [1.82, 2.24) is 9.78 Å². The quantitative estimate of drug-likeness (QED) is 0.635. The van der Waals surface area contributed by atoms with E-state index in [0.29, 0.717) is 17.9 Å². The highest BCUT2D eigenvalue weighted by atomic mass is 16.6. The number of nitrogens with zero attached hydrogens (tertiary/aromatic N) is 2. The molecule has 0 unspecified atom stereocenters. The van der Waals surface area contributed by atoms with Crippen LogP contribution < -0.4 is 4.74 Å². The van der Waals surface area contributed by atoms with E-state index >= 15 is 0 Å². The number of hydrogen-bond donors (Lipinski definition) is 0. The van der Waals surface area contributed by atoms with Crippen molar-refractivity contribution >= 4 is 11.9 Å². The average Bonchev–Trinajstić information content (AvgIpc) is 3.35. The first-order chi connectivity index (χ1) is 13.7. The summed E-state index contributed by atoms with van der Waals surface area (Å²) in [6.45, 7) is 0.255. The molecule has 28 heavy (non-hydrogen) atoms. The van der Waals surface area contributed by atoms with Gasteiger partial charge in [-0.15, -0.1) is 0 Å². The maximum Gasteiger partial charge on any atom is 0.347 e. The summed E-state index contributed by atoms with van der Waals surface area (Å²) in [6.07, 6.45) is 1.09. The highest BCUT2D eigenvalue weighted by Crippen LogP contribution is 2.27. The van der Waals surface area contributed by atoms with Crippen molar-refractivity contribution in [2.45, 2.75) is 12.5 Å². The second-order valence-electron chi connectivity index (χ2n) is 6.25. The first-order valence-corrected chi connectivity index (χ1v) is 8.83. The van der Waals surface area contributed by atoms with E-state index in [1.807, 2.05) is 42.5 Å². The molecule has 0 N–H and O–H groups in total. The number of aromatic nitrogens is 2. The minimum atomic E-state index is -0.878. The molecule has 0 spiro atoms. The Morgan fingerprint density at radius 1 is 1.14 bits per heavy atom. The van der Waals surface area contributed by atoms with Crippen molar-refractivity contribution in [3.63, 3.8) is 0 Å². The molecule has 0 aliphatic carbocycles. The molecule has 0 amide bonds. The summed E-state index contributed by atoms with van der Waals surface area (Å²) in [4.78, 5) is 24.5. The van der Waals surface area contributed by atoms with Gasteiger partial charge in [-0.3, -0.25) is 0 Å². The van der Waals surface area contributed by atoms with E-state index in [4.69, 9.17) is 14.2 Å². The first kappa shape index (κ1) is 17.8. The van der Waals surface area contributed by atoms with Crippen LogP contribution >= 0.6 is 0 Å². The van der Waals surface area contributed by atoms with E-state index in [0.717, 1.165) is 11.3 Å². The van der Waals surface area contributed by atoms with Gasteiger partial charge >= 0.3 is 11.9 Å². The number of ether oxygens (including phenoxy) is 3. The molecule has 1 aromatic heterocycles. The summed E-state index contributed by atoms with van der Waals surface area (Å²) in [6, 6.07) is 16.7. The van der Waals surface area contributed by atoms with E-state index in [1.54, 1.807) is 30.1 Å². The normalized spacial score (nSPS) is 15.9. The Morgan fingerprint density at radius 2 is 1.89 bits per heavy atom. The molecule has 1 aliphatic rings. The molecule has 3 aromatic rings. The van der Waals surface area contributed by atoms with Crippen LogP contribution in [0.3, 0.4) is 0 Å². The van der Waals surface area contributed by atoms with Crippen molar-refractivity contribution < 1.29 is 23.8 Å². The third-order valence-corrected chi connectivity index (χ3v) is 4.45. The zero-order valence-electron chi connectivity index (χ0n) is 15.2. The standard InChI is InChI=1S/C21H18N2O5/c1-26-16-9-7-14(8-10-16)19-17(20(24)28-18-11-12-27-21(18)25)13-23(22-19)15-5-3-2-4-6-15/h2-10,13,18H,11-12H2,1H3/t18-/m1/s1. The van der Waals surface area contributed by atoms with Gasteiger partial charge in [0.2, 0.25) is 6.10 Å². The van der Waals surface area contributed by atoms with Crippen molar-refractivity contribution in [3.8, 4) is 22.7 Å². The van der Waals surface area contributed by atoms with Gasteiger partial charge in [-0.25, -0.2) is 14.3 Å².